The Hall–Kier alpha value is -0.900. The van der Waals surface area contributed by atoms with Crippen LogP contribution in [0.5, 0.6) is 0 Å². The zero-order valence-electron chi connectivity index (χ0n) is 19.5. The fourth-order valence-electron chi connectivity index (χ4n) is 6.94. The number of carbonyl (C=O) groups is 2. The van der Waals surface area contributed by atoms with Gasteiger partial charge in [0, 0.05) is 18.4 Å². The first-order valence-electron chi connectivity index (χ1n) is 11.8. The van der Waals surface area contributed by atoms with Gasteiger partial charge in [0.1, 0.15) is 11.4 Å². The van der Waals surface area contributed by atoms with Gasteiger partial charge in [0.05, 0.1) is 11.5 Å². The van der Waals surface area contributed by atoms with E-state index in [2.05, 4.69) is 27.7 Å². The van der Waals surface area contributed by atoms with E-state index in [1.807, 2.05) is 0 Å². The molecular formula is C25H42O4. The van der Waals surface area contributed by atoms with Crippen molar-refractivity contribution in [2.24, 2.45) is 28.6 Å². The largest absolute Gasteiger partial charge is 0.459 e. The maximum atomic E-state index is 13.7. The van der Waals surface area contributed by atoms with Gasteiger partial charge in [-0.3, -0.25) is 9.59 Å². The van der Waals surface area contributed by atoms with Crippen LogP contribution in [0.3, 0.4) is 0 Å². The molecule has 2 bridgehead atoms. The molecule has 29 heavy (non-hydrogen) atoms. The van der Waals surface area contributed by atoms with Gasteiger partial charge in [-0.25, -0.2) is 0 Å². The first-order valence-corrected chi connectivity index (χ1v) is 11.8. The van der Waals surface area contributed by atoms with Crippen LogP contribution in [0.15, 0.2) is 0 Å². The number of ether oxygens (including phenoxy) is 2. The fraction of sp³-hybridized carbons (Fsp3) is 0.920. The summed E-state index contributed by atoms with van der Waals surface area (Å²) in [5.41, 5.74) is -1.38. The first-order chi connectivity index (χ1) is 13.6. The second-order valence-electron chi connectivity index (χ2n) is 11.1. The van der Waals surface area contributed by atoms with Crippen molar-refractivity contribution in [1.29, 1.82) is 0 Å². The van der Waals surface area contributed by atoms with E-state index in [9.17, 15) is 9.59 Å². The van der Waals surface area contributed by atoms with Gasteiger partial charge in [-0.15, -0.1) is 0 Å². The summed E-state index contributed by atoms with van der Waals surface area (Å²) in [6.07, 6.45) is 9.76. The molecule has 0 heterocycles. The Labute approximate surface area is 177 Å². The molecule has 0 aromatic rings. The Bertz CT molecular complexity index is 626. The van der Waals surface area contributed by atoms with E-state index in [4.69, 9.17) is 9.47 Å². The van der Waals surface area contributed by atoms with E-state index in [0.717, 1.165) is 57.8 Å². The van der Waals surface area contributed by atoms with Gasteiger partial charge in [0.25, 0.3) is 0 Å². The number of esters is 1. The Morgan fingerprint density at radius 1 is 1.14 bits per heavy atom. The van der Waals surface area contributed by atoms with Crippen LogP contribution >= 0.6 is 0 Å². The minimum Gasteiger partial charge on any atom is -0.459 e. The highest BCUT2D eigenvalue weighted by Crippen LogP contribution is 2.58. The van der Waals surface area contributed by atoms with E-state index in [1.54, 1.807) is 14.0 Å². The maximum Gasteiger partial charge on any atom is 0.312 e. The summed E-state index contributed by atoms with van der Waals surface area (Å²) < 4.78 is 12.2. The van der Waals surface area contributed by atoms with Gasteiger partial charge < -0.3 is 9.47 Å². The number of Topliss-reactive ketones (excluding diaryl/α,β-unsaturated/α-hetero) is 1. The summed E-state index contributed by atoms with van der Waals surface area (Å²) >= 11 is 0. The molecule has 3 aliphatic carbocycles. The number of hydrogen-bond acceptors (Lipinski definition) is 4. The quantitative estimate of drug-likeness (QED) is 0.530. The lowest BCUT2D eigenvalue weighted by atomic mass is 9.52. The molecule has 4 heteroatoms. The summed E-state index contributed by atoms with van der Waals surface area (Å²) in [6.45, 7) is 10.2. The summed E-state index contributed by atoms with van der Waals surface area (Å²) in [7, 11) is 1.78. The molecule has 0 amide bonds. The molecule has 4 nitrogen and oxygen atoms in total. The predicted molar refractivity (Wildman–Crippen MR) is 115 cm³/mol. The molecule has 0 saturated heterocycles. The van der Waals surface area contributed by atoms with E-state index in [0.29, 0.717) is 18.3 Å². The summed E-state index contributed by atoms with van der Waals surface area (Å²) in [6, 6.07) is 0. The molecule has 3 fully saturated rings. The molecule has 3 rings (SSSR count). The molecule has 0 spiro atoms. The number of carbonyl (C=O) groups excluding carboxylic acids is 2. The van der Waals surface area contributed by atoms with Gasteiger partial charge in [0.15, 0.2) is 0 Å². The van der Waals surface area contributed by atoms with E-state index < -0.39 is 11.0 Å². The lowest BCUT2D eigenvalue weighted by molar-refractivity contribution is -0.192. The van der Waals surface area contributed by atoms with Crippen LogP contribution in [0.2, 0.25) is 0 Å². The molecule has 0 N–H and O–H groups in total. The third-order valence-corrected chi connectivity index (χ3v) is 8.77. The van der Waals surface area contributed by atoms with Crippen LogP contribution in [-0.2, 0) is 19.1 Å². The standard InChI is InChI=1S/C25H42O4/c1-7-24(18(3)26)14-19-9-8-12-25(15-19,16-24)22(27)29-23(4,5)20-11-10-17(2)13-21(20)28-6/h17,19-21H,7-16H2,1-6H3. The number of ketones is 1. The Morgan fingerprint density at radius 3 is 2.48 bits per heavy atom. The molecule has 0 aromatic heterocycles. The van der Waals surface area contributed by atoms with Crippen molar-refractivity contribution in [2.45, 2.75) is 111 Å². The highest BCUT2D eigenvalue weighted by Gasteiger charge is 2.57. The van der Waals surface area contributed by atoms with E-state index in [-0.39, 0.29) is 29.2 Å². The minimum atomic E-state index is -0.553. The van der Waals surface area contributed by atoms with Crippen LogP contribution in [0, 0.1) is 28.6 Å². The number of hydrogen-bond donors (Lipinski definition) is 0. The molecule has 0 aliphatic heterocycles. The number of fused-ring (bicyclic) bond motifs is 2. The topological polar surface area (TPSA) is 52.6 Å². The molecule has 166 valence electrons. The van der Waals surface area contributed by atoms with Crippen LogP contribution in [0.4, 0.5) is 0 Å². The lowest BCUT2D eigenvalue weighted by Crippen LogP contribution is -2.53. The average molecular weight is 407 g/mol. The third kappa shape index (κ3) is 4.29. The van der Waals surface area contributed by atoms with Crippen molar-refractivity contribution >= 4 is 11.8 Å². The monoisotopic (exact) mass is 406 g/mol. The van der Waals surface area contributed by atoms with Crippen molar-refractivity contribution < 1.29 is 19.1 Å². The molecule has 0 aromatic carbocycles. The number of rotatable bonds is 6. The fourth-order valence-corrected chi connectivity index (χ4v) is 6.94. The zero-order valence-corrected chi connectivity index (χ0v) is 19.5. The van der Waals surface area contributed by atoms with Crippen molar-refractivity contribution in [1.82, 2.24) is 0 Å². The maximum absolute atomic E-state index is 13.7. The van der Waals surface area contributed by atoms with Gasteiger partial charge in [-0.1, -0.05) is 33.1 Å². The van der Waals surface area contributed by atoms with Crippen molar-refractivity contribution in [3.8, 4) is 0 Å². The molecule has 6 atom stereocenters. The summed E-state index contributed by atoms with van der Waals surface area (Å²) in [5, 5.41) is 0. The predicted octanol–water partition coefficient (Wildman–Crippen LogP) is 5.72. The normalized spacial score (nSPS) is 40.3. The van der Waals surface area contributed by atoms with Crippen LogP contribution in [0.25, 0.3) is 0 Å². The van der Waals surface area contributed by atoms with Crippen LogP contribution < -0.4 is 0 Å². The molecular weight excluding hydrogens is 364 g/mol. The number of methoxy groups -OCH3 is 1. The average Bonchev–Trinajstić information content (AvgIpc) is 2.66. The van der Waals surface area contributed by atoms with E-state index >= 15 is 0 Å². The van der Waals surface area contributed by atoms with Crippen molar-refractivity contribution in [2.75, 3.05) is 7.11 Å². The van der Waals surface area contributed by atoms with Crippen molar-refractivity contribution in [3.05, 3.63) is 0 Å². The smallest absolute Gasteiger partial charge is 0.312 e. The Balaban J connectivity index is 1.81. The van der Waals surface area contributed by atoms with Gasteiger partial charge in [-0.2, -0.15) is 0 Å². The SMILES string of the molecule is CCC1(C(C)=O)CC2CCCC(C(=O)OC(C)(C)C3CCC(C)CC3OC)(C2)C1. The molecule has 3 aliphatic rings. The molecule has 0 radical (unpaired) electrons. The highest BCUT2D eigenvalue weighted by molar-refractivity contribution is 5.85. The molecule has 3 saturated carbocycles. The zero-order chi connectivity index (χ0) is 21.4. The minimum absolute atomic E-state index is 0.0561. The van der Waals surface area contributed by atoms with Gasteiger partial charge in [0.2, 0.25) is 0 Å². The first kappa shape index (κ1) is 22.8. The Morgan fingerprint density at radius 2 is 1.86 bits per heavy atom. The van der Waals surface area contributed by atoms with E-state index in [1.165, 1.54) is 0 Å². The Kier molecular flexibility index (Phi) is 6.54. The highest BCUT2D eigenvalue weighted by atomic mass is 16.6. The summed E-state index contributed by atoms with van der Waals surface area (Å²) in [5.74, 6) is 1.54. The van der Waals surface area contributed by atoms with Crippen LogP contribution in [-0.4, -0.2) is 30.6 Å². The second-order valence-corrected chi connectivity index (χ2v) is 11.1. The molecule has 6 unspecified atom stereocenters. The summed E-state index contributed by atoms with van der Waals surface area (Å²) in [4.78, 5) is 26.3. The van der Waals surface area contributed by atoms with Gasteiger partial charge >= 0.3 is 5.97 Å². The lowest BCUT2D eigenvalue weighted by Gasteiger charge is -2.52. The van der Waals surface area contributed by atoms with Crippen molar-refractivity contribution in [3.63, 3.8) is 0 Å². The second kappa shape index (κ2) is 8.32. The van der Waals surface area contributed by atoms with Gasteiger partial charge in [-0.05, 0) is 77.6 Å². The van der Waals surface area contributed by atoms with Crippen LogP contribution in [0.1, 0.15) is 98.8 Å². The third-order valence-electron chi connectivity index (χ3n) is 8.77.